The molecule has 2 saturated heterocycles. The number of imide groups is 2. The number of benzene rings is 3. The molecule has 2 aliphatic carbocycles. The predicted molar refractivity (Wildman–Crippen MR) is 157 cm³/mol. The third kappa shape index (κ3) is 3.58. The van der Waals surface area contributed by atoms with E-state index in [0.717, 1.165) is 23.1 Å². The Bertz CT molecular complexity index is 1660. The van der Waals surface area contributed by atoms with E-state index in [1.54, 1.807) is 42.5 Å². The number of carbonyl (C=O) groups is 4. The van der Waals surface area contributed by atoms with Crippen molar-refractivity contribution in [2.45, 2.75) is 39.0 Å². The average Bonchev–Trinajstić information content (AvgIpc) is 3.37. The predicted octanol–water partition coefficient (Wildman–Crippen LogP) is 5.39. The van der Waals surface area contributed by atoms with Crippen LogP contribution in [0.25, 0.3) is 0 Å². The van der Waals surface area contributed by atoms with E-state index < -0.39 is 35.0 Å². The standard InChI is InChI=1S/C35H32N2O5/c1-3-20-12-14-23(15-13-20)36-31(39)26-17-16-25-27(29(26)33(36)41)19-28-32(40)37(22-9-5-4-6-10-22)34(42)35(28,2)30(25)21-8-7-11-24(38)18-21/h4-16,18,26-30,38H,3,17,19H2,1-2H3. The van der Waals surface area contributed by atoms with E-state index in [2.05, 4.69) is 6.92 Å². The molecule has 7 heteroatoms. The monoisotopic (exact) mass is 560 g/mol. The van der Waals surface area contributed by atoms with Crippen LogP contribution in [0, 0.1) is 29.1 Å². The van der Waals surface area contributed by atoms with Gasteiger partial charge in [-0.3, -0.25) is 24.1 Å². The molecule has 2 aliphatic heterocycles. The Hall–Kier alpha value is -4.52. The topological polar surface area (TPSA) is 95.0 Å². The molecule has 42 heavy (non-hydrogen) atoms. The summed E-state index contributed by atoms with van der Waals surface area (Å²) in [6.07, 6.45) is 3.56. The Balaban J connectivity index is 1.35. The first-order chi connectivity index (χ1) is 20.3. The van der Waals surface area contributed by atoms with Crippen molar-refractivity contribution in [3.05, 3.63) is 102 Å². The summed E-state index contributed by atoms with van der Waals surface area (Å²) in [5.41, 5.74) is 2.69. The van der Waals surface area contributed by atoms with Crippen LogP contribution in [-0.4, -0.2) is 28.7 Å². The van der Waals surface area contributed by atoms with Crippen molar-refractivity contribution >= 4 is 35.0 Å². The number of para-hydroxylation sites is 1. The van der Waals surface area contributed by atoms with Gasteiger partial charge < -0.3 is 5.11 Å². The normalized spacial score (nSPS) is 30.2. The minimum Gasteiger partial charge on any atom is -0.508 e. The number of amides is 4. The molecule has 7 nitrogen and oxygen atoms in total. The highest BCUT2D eigenvalue weighted by Gasteiger charge is 2.67. The zero-order chi connectivity index (χ0) is 29.3. The quantitative estimate of drug-likeness (QED) is 0.341. The Labute approximate surface area is 244 Å². The van der Waals surface area contributed by atoms with Gasteiger partial charge in [0, 0.05) is 5.92 Å². The Kier molecular flexibility index (Phi) is 5.98. The van der Waals surface area contributed by atoms with Gasteiger partial charge in [-0.15, -0.1) is 0 Å². The van der Waals surface area contributed by atoms with Crippen LogP contribution in [0.2, 0.25) is 0 Å². The summed E-state index contributed by atoms with van der Waals surface area (Å²) in [5, 5.41) is 10.5. The molecule has 3 aromatic rings. The van der Waals surface area contributed by atoms with Gasteiger partial charge in [-0.05, 0) is 79.6 Å². The molecule has 1 N–H and O–H groups in total. The van der Waals surface area contributed by atoms with Crippen LogP contribution in [-0.2, 0) is 25.6 Å². The van der Waals surface area contributed by atoms with Crippen LogP contribution in [0.3, 0.4) is 0 Å². The van der Waals surface area contributed by atoms with Crippen molar-refractivity contribution in [1.29, 1.82) is 0 Å². The molecule has 3 aromatic carbocycles. The number of aryl methyl sites for hydroxylation is 1. The van der Waals surface area contributed by atoms with E-state index in [1.807, 2.05) is 49.4 Å². The molecule has 6 unspecified atom stereocenters. The molecule has 0 aromatic heterocycles. The lowest BCUT2D eigenvalue weighted by Gasteiger charge is -2.49. The van der Waals surface area contributed by atoms with Gasteiger partial charge in [0.05, 0.1) is 34.5 Å². The Morgan fingerprint density at radius 3 is 2.21 bits per heavy atom. The van der Waals surface area contributed by atoms with E-state index in [9.17, 15) is 24.3 Å². The lowest BCUT2D eigenvalue weighted by Crippen LogP contribution is -2.48. The van der Waals surface area contributed by atoms with Gasteiger partial charge in [-0.1, -0.05) is 61.0 Å². The summed E-state index contributed by atoms with van der Waals surface area (Å²) in [4.78, 5) is 58.9. The van der Waals surface area contributed by atoms with Crippen LogP contribution < -0.4 is 9.80 Å². The van der Waals surface area contributed by atoms with E-state index in [1.165, 1.54) is 9.80 Å². The fourth-order valence-corrected chi connectivity index (χ4v) is 8.06. The number of phenolic OH excluding ortho intramolecular Hbond substituents is 1. The molecule has 0 radical (unpaired) electrons. The van der Waals surface area contributed by atoms with E-state index in [0.29, 0.717) is 24.2 Å². The first kappa shape index (κ1) is 26.4. The molecule has 3 fully saturated rings. The van der Waals surface area contributed by atoms with Crippen molar-refractivity contribution in [2.75, 3.05) is 9.80 Å². The summed E-state index contributed by atoms with van der Waals surface area (Å²) in [7, 11) is 0. The zero-order valence-electron chi connectivity index (χ0n) is 23.6. The summed E-state index contributed by atoms with van der Waals surface area (Å²) < 4.78 is 0. The Morgan fingerprint density at radius 1 is 0.810 bits per heavy atom. The number of allylic oxidation sites excluding steroid dienone is 2. The van der Waals surface area contributed by atoms with E-state index in [-0.39, 0.29) is 29.4 Å². The molecule has 6 atom stereocenters. The second-order valence-electron chi connectivity index (χ2n) is 12.1. The number of carbonyl (C=O) groups excluding carboxylic acids is 4. The number of phenols is 1. The molecule has 1 saturated carbocycles. The van der Waals surface area contributed by atoms with E-state index >= 15 is 0 Å². The third-order valence-corrected chi connectivity index (χ3v) is 10.1. The van der Waals surface area contributed by atoms with Crippen molar-refractivity contribution in [2.24, 2.45) is 29.1 Å². The van der Waals surface area contributed by atoms with Gasteiger partial charge in [-0.2, -0.15) is 0 Å². The molecule has 4 aliphatic rings. The molecule has 4 amide bonds. The summed E-state index contributed by atoms with van der Waals surface area (Å²) in [6.45, 7) is 3.90. The highest BCUT2D eigenvalue weighted by molar-refractivity contribution is 6.25. The van der Waals surface area contributed by atoms with Gasteiger partial charge in [0.25, 0.3) is 0 Å². The minimum atomic E-state index is -1.13. The zero-order valence-corrected chi connectivity index (χ0v) is 23.6. The molecule has 0 bridgehead atoms. The number of anilines is 2. The van der Waals surface area contributed by atoms with Gasteiger partial charge in [0.15, 0.2) is 0 Å². The number of aromatic hydroxyl groups is 1. The maximum absolute atomic E-state index is 14.3. The largest absolute Gasteiger partial charge is 0.508 e. The number of fused-ring (bicyclic) bond motifs is 4. The number of hydrogen-bond donors (Lipinski definition) is 1. The van der Waals surface area contributed by atoms with Crippen LogP contribution in [0.4, 0.5) is 11.4 Å². The summed E-state index contributed by atoms with van der Waals surface area (Å²) in [5.74, 6) is -3.75. The first-order valence-corrected chi connectivity index (χ1v) is 14.6. The van der Waals surface area contributed by atoms with Gasteiger partial charge in [0.1, 0.15) is 5.75 Å². The second kappa shape index (κ2) is 9.51. The molecular formula is C35H32N2O5. The maximum Gasteiger partial charge on any atom is 0.241 e. The molecule has 212 valence electrons. The van der Waals surface area contributed by atoms with E-state index in [4.69, 9.17) is 0 Å². The third-order valence-electron chi connectivity index (χ3n) is 10.1. The van der Waals surface area contributed by atoms with Gasteiger partial charge >= 0.3 is 0 Å². The van der Waals surface area contributed by atoms with Crippen molar-refractivity contribution in [1.82, 2.24) is 0 Å². The lowest BCUT2D eigenvalue weighted by atomic mass is 9.51. The Morgan fingerprint density at radius 2 is 1.52 bits per heavy atom. The van der Waals surface area contributed by atoms with Gasteiger partial charge in [-0.25, -0.2) is 4.90 Å². The number of rotatable bonds is 4. The SMILES string of the molecule is CCc1ccc(N2C(=O)C3CC=C4C(CC5C(=O)N(c6ccccc6)C(=O)C5(C)C4c4cccc(O)c4)C3C2=O)cc1. The van der Waals surface area contributed by atoms with Crippen LogP contribution in [0.5, 0.6) is 5.75 Å². The van der Waals surface area contributed by atoms with Crippen LogP contribution in [0.1, 0.15) is 43.7 Å². The molecule has 7 rings (SSSR count). The molecule has 2 heterocycles. The van der Waals surface area contributed by atoms with Crippen molar-refractivity contribution in [3.63, 3.8) is 0 Å². The summed E-state index contributed by atoms with van der Waals surface area (Å²) in [6, 6.07) is 23.3. The molecule has 0 spiro atoms. The fraction of sp³-hybridized carbons (Fsp3) is 0.314. The fourth-order valence-electron chi connectivity index (χ4n) is 8.06. The van der Waals surface area contributed by atoms with Gasteiger partial charge in [0.2, 0.25) is 23.6 Å². The van der Waals surface area contributed by atoms with Crippen LogP contribution in [0.15, 0.2) is 90.5 Å². The molecular weight excluding hydrogens is 528 g/mol. The smallest absolute Gasteiger partial charge is 0.241 e. The second-order valence-corrected chi connectivity index (χ2v) is 12.1. The first-order valence-electron chi connectivity index (χ1n) is 14.6. The maximum atomic E-state index is 14.3. The lowest BCUT2D eigenvalue weighted by molar-refractivity contribution is -0.131. The van der Waals surface area contributed by atoms with Crippen LogP contribution >= 0.6 is 0 Å². The number of hydrogen-bond acceptors (Lipinski definition) is 5. The summed E-state index contributed by atoms with van der Waals surface area (Å²) >= 11 is 0. The number of nitrogens with zero attached hydrogens (tertiary/aromatic N) is 2. The minimum absolute atomic E-state index is 0.0644. The van der Waals surface area contributed by atoms with Crippen molar-refractivity contribution < 1.29 is 24.3 Å². The van der Waals surface area contributed by atoms with Crippen molar-refractivity contribution in [3.8, 4) is 5.75 Å². The average molecular weight is 561 g/mol. The highest BCUT2D eigenvalue weighted by atomic mass is 16.3. The highest BCUT2D eigenvalue weighted by Crippen LogP contribution is 2.63.